The summed E-state index contributed by atoms with van der Waals surface area (Å²) in [6.45, 7) is 2.01. The van der Waals surface area contributed by atoms with Crippen LogP contribution in [0.3, 0.4) is 0 Å². The van der Waals surface area contributed by atoms with E-state index in [0.29, 0.717) is 25.3 Å². The van der Waals surface area contributed by atoms with E-state index in [0.717, 1.165) is 30.0 Å². The Kier molecular flexibility index (Phi) is 3.93. The first-order valence-corrected chi connectivity index (χ1v) is 7.16. The fraction of sp³-hybridized carbons (Fsp3) is 0.600. The Morgan fingerprint density at radius 2 is 2.10 bits per heavy atom. The second kappa shape index (κ2) is 5.71. The summed E-state index contributed by atoms with van der Waals surface area (Å²) in [5.41, 5.74) is -0.00843. The van der Waals surface area contributed by atoms with Gasteiger partial charge < -0.3 is 24.4 Å². The molecule has 1 aromatic carbocycles. The molecule has 3 rings (SSSR count). The molecule has 0 unspecified atom stereocenters. The Labute approximate surface area is 123 Å². The van der Waals surface area contributed by atoms with E-state index in [1.54, 1.807) is 7.11 Å². The van der Waals surface area contributed by atoms with Crippen LogP contribution in [0.15, 0.2) is 12.1 Å². The van der Waals surface area contributed by atoms with E-state index in [2.05, 4.69) is 4.90 Å². The number of rotatable bonds is 4. The van der Waals surface area contributed by atoms with Gasteiger partial charge >= 0.3 is 0 Å². The number of nitrogens with zero attached hydrogens (tertiary/aromatic N) is 1. The van der Waals surface area contributed by atoms with Crippen molar-refractivity contribution in [3.05, 3.63) is 17.7 Å². The number of aliphatic hydroxyl groups excluding tert-OH is 1. The Morgan fingerprint density at radius 1 is 1.33 bits per heavy atom. The number of methoxy groups -OCH3 is 1. The number of ether oxygens (including phenoxy) is 3. The molecule has 1 saturated heterocycles. The summed E-state index contributed by atoms with van der Waals surface area (Å²) in [6, 6.07) is 3.76. The predicted octanol–water partition coefficient (Wildman–Crippen LogP) is 0.743. The molecule has 1 atom stereocenters. The predicted molar refractivity (Wildman–Crippen MR) is 75.7 cm³/mol. The third-order valence-corrected chi connectivity index (χ3v) is 4.10. The molecular weight excluding hydrogens is 274 g/mol. The fourth-order valence-corrected chi connectivity index (χ4v) is 2.99. The number of hydrogen-bond acceptors (Lipinski definition) is 6. The van der Waals surface area contributed by atoms with Crippen molar-refractivity contribution in [2.45, 2.75) is 25.0 Å². The molecule has 6 nitrogen and oxygen atoms in total. The van der Waals surface area contributed by atoms with Gasteiger partial charge in [0.05, 0.1) is 13.7 Å². The molecule has 2 N–H and O–H groups in total. The van der Waals surface area contributed by atoms with Crippen LogP contribution in [0.25, 0.3) is 0 Å². The van der Waals surface area contributed by atoms with Gasteiger partial charge in [0, 0.05) is 24.7 Å². The van der Waals surface area contributed by atoms with Crippen molar-refractivity contribution >= 4 is 0 Å². The van der Waals surface area contributed by atoms with Crippen molar-refractivity contribution in [3.63, 3.8) is 0 Å². The molecule has 0 aromatic heterocycles. The normalized spacial score (nSPS) is 25.1. The molecule has 2 aliphatic rings. The molecule has 2 heterocycles. The lowest BCUT2D eigenvalue weighted by Crippen LogP contribution is -2.50. The van der Waals surface area contributed by atoms with E-state index in [1.165, 1.54) is 0 Å². The highest BCUT2D eigenvalue weighted by Gasteiger charge is 2.33. The number of piperidine rings is 1. The van der Waals surface area contributed by atoms with Crippen LogP contribution in [-0.2, 0) is 6.54 Å². The zero-order valence-electron chi connectivity index (χ0n) is 12.2. The van der Waals surface area contributed by atoms with Crippen molar-refractivity contribution in [1.29, 1.82) is 0 Å². The van der Waals surface area contributed by atoms with Gasteiger partial charge in [0.25, 0.3) is 0 Å². The maximum atomic E-state index is 10.2. The van der Waals surface area contributed by atoms with Gasteiger partial charge in [-0.15, -0.1) is 0 Å². The van der Waals surface area contributed by atoms with Gasteiger partial charge in [-0.2, -0.15) is 0 Å². The second-order valence-corrected chi connectivity index (χ2v) is 5.71. The summed E-state index contributed by atoms with van der Waals surface area (Å²) < 4.78 is 16.2. The lowest BCUT2D eigenvalue weighted by molar-refractivity contribution is -0.0688. The molecule has 116 valence electrons. The highest BCUT2D eigenvalue weighted by Crippen LogP contribution is 2.38. The molecule has 0 saturated carbocycles. The highest BCUT2D eigenvalue weighted by atomic mass is 16.7. The minimum Gasteiger partial charge on any atom is -0.496 e. The van der Waals surface area contributed by atoms with Gasteiger partial charge in [-0.3, -0.25) is 4.90 Å². The average molecular weight is 295 g/mol. The maximum Gasteiger partial charge on any atom is 0.231 e. The standard InChI is InChI=1S/C15H21NO5/c1-19-12-6-14-13(20-10-21-14)5-11(12)7-16-4-2-3-15(18,8-16)9-17/h5-6,17-18H,2-4,7-10H2,1H3/t15-/m1/s1. The zero-order valence-corrected chi connectivity index (χ0v) is 12.2. The van der Waals surface area contributed by atoms with E-state index in [-0.39, 0.29) is 13.4 Å². The number of likely N-dealkylation sites (tertiary alicyclic amines) is 1. The van der Waals surface area contributed by atoms with Gasteiger partial charge in [0.15, 0.2) is 11.5 Å². The first kappa shape index (κ1) is 14.4. The molecule has 1 aromatic rings. The van der Waals surface area contributed by atoms with Crippen molar-refractivity contribution in [3.8, 4) is 17.2 Å². The summed E-state index contributed by atoms with van der Waals surface area (Å²) in [5, 5.41) is 19.6. The second-order valence-electron chi connectivity index (χ2n) is 5.71. The lowest BCUT2D eigenvalue weighted by Gasteiger charge is -2.38. The monoisotopic (exact) mass is 295 g/mol. The van der Waals surface area contributed by atoms with Crippen LogP contribution in [0.5, 0.6) is 17.2 Å². The number of β-amino-alcohol motifs (C(OH)–C–C–N with tert-alkyl or cyclic N) is 1. The van der Waals surface area contributed by atoms with Crippen LogP contribution in [0.2, 0.25) is 0 Å². The van der Waals surface area contributed by atoms with E-state index < -0.39 is 5.60 Å². The first-order valence-electron chi connectivity index (χ1n) is 7.16. The number of aliphatic hydroxyl groups is 2. The Balaban J connectivity index is 1.78. The molecule has 0 amide bonds. The Hall–Kier alpha value is -1.50. The molecule has 6 heteroatoms. The zero-order chi connectivity index (χ0) is 14.9. The molecule has 0 bridgehead atoms. The summed E-state index contributed by atoms with van der Waals surface area (Å²) in [5.74, 6) is 2.17. The topological polar surface area (TPSA) is 71.4 Å². The molecule has 1 fully saturated rings. The molecule has 21 heavy (non-hydrogen) atoms. The van der Waals surface area contributed by atoms with Crippen LogP contribution in [-0.4, -0.2) is 54.3 Å². The van der Waals surface area contributed by atoms with Gasteiger partial charge in [0.1, 0.15) is 11.4 Å². The number of fused-ring (bicyclic) bond motifs is 1. The number of benzene rings is 1. The van der Waals surface area contributed by atoms with Crippen LogP contribution < -0.4 is 14.2 Å². The summed E-state index contributed by atoms with van der Waals surface area (Å²) in [6.07, 6.45) is 1.50. The molecule has 0 spiro atoms. The minimum absolute atomic E-state index is 0.207. The van der Waals surface area contributed by atoms with Crippen LogP contribution in [0.1, 0.15) is 18.4 Å². The van der Waals surface area contributed by atoms with Gasteiger partial charge in [-0.25, -0.2) is 0 Å². The fourth-order valence-electron chi connectivity index (χ4n) is 2.99. The van der Waals surface area contributed by atoms with E-state index >= 15 is 0 Å². The van der Waals surface area contributed by atoms with Crippen LogP contribution in [0.4, 0.5) is 0 Å². The van der Waals surface area contributed by atoms with Crippen LogP contribution >= 0.6 is 0 Å². The van der Waals surface area contributed by atoms with Gasteiger partial charge in [0.2, 0.25) is 6.79 Å². The van der Waals surface area contributed by atoms with E-state index in [1.807, 2.05) is 12.1 Å². The Morgan fingerprint density at radius 3 is 2.81 bits per heavy atom. The smallest absolute Gasteiger partial charge is 0.231 e. The summed E-state index contributed by atoms with van der Waals surface area (Å²) in [4.78, 5) is 2.12. The van der Waals surface area contributed by atoms with Gasteiger partial charge in [-0.1, -0.05) is 0 Å². The molecule has 2 aliphatic heterocycles. The maximum absolute atomic E-state index is 10.2. The average Bonchev–Trinajstić information content (AvgIpc) is 2.93. The van der Waals surface area contributed by atoms with E-state index in [9.17, 15) is 10.2 Å². The van der Waals surface area contributed by atoms with Crippen LogP contribution in [0, 0.1) is 0 Å². The van der Waals surface area contributed by atoms with Gasteiger partial charge in [-0.05, 0) is 25.5 Å². The summed E-state index contributed by atoms with van der Waals surface area (Å²) in [7, 11) is 1.63. The summed E-state index contributed by atoms with van der Waals surface area (Å²) >= 11 is 0. The van der Waals surface area contributed by atoms with Crippen molar-refractivity contribution < 1.29 is 24.4 Å². The quantitative estimate of drug-likeness (QED) is 0.854. The molecule has 0 radical (unpaired) electrons. The lowest BCUT2D eigenvalue weighted by atomic mass is 9.93. The van der Waals surface area contributed by atoms with Crippen molar-refractivity contribution in [2.24, 2.45) is 0 Å². The largest absolute Gasteiger partial charge is 0.496 e. The van der Waals surface area contributed by atoms with E-state index in [4.69, 9.17) is 14.2 Å². The van der Waals surface area contributed by atoms with Crippen molar-refractivity contribution in [2.75, 3.05) is 33.6 Å². The SMILES string of the molecule is COc1cc2c(cc1CN1CCC[C@](O)(CO)C1)OCO2. The third-order valence-electron chi connectivity index (χ3n) is 4.10. The third kappa shape index (κ3) is 2.92. The van der Waals surface area contributed by atoms with Crippen molar-refractivity contribution in [1.82, 2.24) is 4.90 Å². The Bertz CT molecular complexity index is 521. The first-order chi connectivity index (χ1) is 10.1. The molecule has 0 aliphatic carbocycles. The minimum atomic E-state index is -0.998. The highest BCUT2D eigenvalue weighted by molar-refractivity contribution is 5.51. The number of hydrogen-bond donors (Lipinski definition) is 2. The molecular formula is C15H21NO5.